The molecule has 0 saturated carbocycles. The Morgan fingerprint density at radius 3 is 2.50 bits per heavy atom. The molecule has 30 heavy (non-hydrogen) atoms. The SMILES string of the molecule is COc1cc(C(=O)Nc2ccc(Cl)c(CS(C)=O)c2)ccc1OCc1ccccc1. The summed E-state index contributed by atoms with van der Waals surface area (Å²) in [6.45, 7) is 0.398. The summed E-state index contributed by atoms with van der Waals surface area (Å²) in [5, 5.41) is 3.35. The molecule has 0 fully saturated rings. The van der Waals surface area contributed by atoms with Gasteiger partial charge in [0.05, 0.1) is 7.11 Å². The second kappa shape index (κ2) is 10.3. The van der Waals surface area contributed by atoms with Crippen LogP contribution in [-0.2, 0) is 23.2 Å². The zero-order valence-corrected chi connectivity index (χ0v) is 18.3. The van der Waals surface area contributed by atoms with Gasteiger partial charge >= 0.3 is 0 Å². The number of hydrogen-bond donors (Lipinski definition) is 1. The van der Waals surface area contributed by atoms with Gasteiger partial charge in [0, 0.05) is 39.1 Å². The Kier molecular flexibility index (Phi) is 7.49. The monoisotopic (exact) mass is 443 g/mol. The molecule has 1 atom stereocenters. The van der Waals surface area contributed by atoms with Gasteiger partial charge in [-0.1, -0.05) is 41.9 Å². The molecule has 0 aliphatic rings. The van der Waals surface area contributed by atoms with E-state index in [-0.39, 0.29) is 5.91 Å². The molecule has 0 radical (unpaired) electrons. The molecule has 3 rings (SSSR count). The van der Waals surface area contributed by atoms with Crippen LogP contribution >= 0.6 is 11.6 Å². The molecule has 0 saturated heterocycles. The van der Waals surface area contributed by atoms with Crippen LogP contribution < -0.4 is 14.8 Å². The molecule has 3 aromatic rings. The zero-order chi connectivity index (χ0) is 21.5. The van der Waals surface area contributed by atoms with Crippen LogP contribution in [0.2, 0.25) is 5.02 Å². The lowest BCUT2D eigenvalue weighted by molar-refractivity contribution is 0.102. The predicted molar refractivity (Wildman–Crippen MR) is 121 cm³/mol. The van der Waals surface area contributed by atoms with Crippen LogP contribution in [0.15, 0.2) is 66.7 Å². The Labute approximate surface area is 183 Å². The van der Waals surface area contributed by atoms with Crippen molar-refractivity contribution in [2.24, 2.45) is 0 Å². The molecule has 0 aliphatic carbocycles. The molecule has 0 bridgehead atoms. The van der Waals surface area contributed by atoms with E-state index in [4.69, 9.17) is 21.1 Å². The standard InChI is InChI=1S/C23H22ClNO4S/c1-28-22-13-17(8-11-21(22)29-14-16-6-4-3-5-7-16)23(26)25-19-9-10-20(24)18(12-19)15-30(2)27/h3-13H,14-15H2,1-2H3,(H,25,26). The number of rotatable bonds is 8. The van der Waals surface area contributed by atoms with E-state index in [9.17, 15) is 9.00 Å². The number of methoxy groups -OCH3 is 1. The van der Waals surface area contributed by atoms with Gasteiger partial charge in [-0.05, 0) is 47.5 Å². The van der Waals surface area contributed by atoms with Crippen molar-refractivity contribution in [1.82, 2.24) is 0 Å². The van der Waals surface area contributed by atoms with Gasteiger partial charge in [-0.25, -0.2) is 0 Å². The highest BCUT2D eigenvalue weighted by molar-refractivity contribution is 7.83. The van der Waals surface area contributed by atoms with Gasteiger partial charge in [0.25, 0.3) is 5.91 Å². The highest BCUT2D eigenvalue weighted by Crippen LogP contribution is 2.29. The lowest BCUT2D eigenvalue weighted by atomic mass is 10.1. The summed E-state index contributed by atoms with van der Waals surface area (Å²) in [7, 11) is 0.496. The molecule has 5 nitrogen and oxygen atoms in total. The first-order chi connectivity index (χ1) is 14.5. The molecular weight excluding hydrogens is 422 g/mol. The van der Waals surface area contributed by atoms with Crippen molar-refractivity contribution in [2.75, 3.05) is 18.7 Å². The minimum atomic E-state index is -1.03. The fourth-order valence-electron chi connectivity index (χ4n) is 2.85. The molecule has 0 aliphatic heterocycles. The summed E-state index contributed by atoms with van der Waals surface area (Å²) in [6.07, 6.45) is 1.61. The van der Waals surface area contributed by atoms with Crippen LogP contribution in [0.5, 0.6) is 11.5 Å². The minimum Gasteiger partial charge on any atom is -0.493 e. The maximum absolute atomic E-state index is 12.7. The first-order valence-corrected chi connectivity index (χ1v) is 11.3. The smallest absolute Gasteiger partial charge is 0.255 e. The van der Waals surface area contributed by atoms with E-state index in [2.05, 4.69) is 5.32 Å². The number of anilines is 1. The predicted octanol–water partition coefficient (Wildman–Crippen LogP) is 5.06. The van der Waals surface area contributed by atoms with E-state index >= 15 is 0 Å². The average molecular weight is 444 g/mol. The summed E-state index contributed by atoms with van der Waals surface area (Å²) in [4.78, 5) is 12.7. The first kappa shape index (κ1) is 21.9. The van der Waals surface area contributed by atoms with Crippen molar-refractivity contribution >= 4 is 34.0 Å². The number of benzene rings is 3. The van der Waals surface area contributed by atoms with Gasteiger partial charge in [0.15, 0.2) is 11.5 Å². The quantitative estimate of drug-likeness (QED) is 0.528. The third-order valence-electron chi connectivity index (χ3n) is 4.33. The highest BCUT2D eigenvalue weighted by Gasteiger charge is 2.13. The molecule has 1 unspecified atom stereocenters. The largest absolute Gasteiger partial charge is 0.493 e. The fraction of sp³-hybridized carbons (Fsp3) is 0.174. The van der Waals surface area contributed by atoms with Crippen molar-refractivity contribution < 1.29 is 18.5 Å². The maximum Gasteiger partial charge on any atom is 0.255 e. The van der Waals surface area contributed by atoms with Gasteiger partial charge in [-0.3, -0.25) is 9.00 Å². The number of nitrogens with one attached hydrogen (secondary N) is 1. The second-order valence-corrected chi connectivity index (χ2v) is 8.46. The Hall–Kier alpha value is -2.83. The molecular formula is C23H22ClNO4S. The average Bonchev–Trinajstić information content (AvgIpc) is 2.74. The Morgan fingerprint density at radius 1 is 1.03 bits per heavy atom. The van der Waals surface area contributed by atoms with Crippen LogP contribution in [-0.4, -0.2) is 23.5 Å². The molecule has 3 aromatic carbocycles. The lowest BCUT2D eigenvalue weighted by Gasteiger charge is -2.13. The normalized spacial score (nSPS) is 11.6. The minimum absolute atomic E-state index is 0.297. The molecule has 1 amide bonds. The Balaban J connectivity index is 1.72. The van der Waals surface area contributed by atoms with Gasteiger partial charge < -0.3 is 14.8 Å². The van der Waals surface area contributed by atoms with Crippen LogP contribution in [0.1, 0.15) is 21.5 Å². The Bertz CT molecular complexity index is 1060. The lowest BCUT2D eigenvalue weighted by Crippen LogP contribution is -2.12. The summed E-state index contributed by atoms with van der Waals surface area (Å²) < 4.78 is 22.7. The number of carbonyl (C=O) groups excluding carboxylic acids is 1. The van der Waals surface area contributed by atoms with Gasteiger partial charge in [-0.2, -0.15) is 0 Å². The van der Waals surface area contributed by atoms with Crippen LogP contribution in [0.25, 0.3) is 0 Å². The third-order valence-corrected chi connectivity index (χ3v) is 5.41. The van der Waals surface area contributed by atoms with Gasteiger partial charge in [-0.15, -0.1) is 0 Å². The van der Waals surface area contributed by atoms with Gasteiger partial charge in [0.1, 0.15) is 6.61 Å². The summed E-state index contributed by atoms with van der Waals surface area (Å²) in [5.74, 6) is 1.05. The van der Waals surface area contributed by atoms with Crippen LogP contribution in [0.4, 0.5) is 5.69 Å². The summed E-state index contributed by atoms with van der Waals surface area (Å²) in [6, 6.07) is 19.9. The number of ether oxygens (including phenoxy) is 2. The molecule has 156 valence electrons. The van der Waals surface area contributed by atoms with Crippen LogP contribution in [0.3, 0.4) is 0 Å². The molecule has 1 N–H and O–H groups in total. The van der Waals surface area contributed by atoms with E-state index in [1.54, 1.807) is 42.7 Å². The third kappa shape index (κ3) is 5.84. The van der Waals surface area contributed by atoms with Crippen molar-refractivity contribution in [1.29, 1.82) is 0 Å². The number of amides is 1. The van der Waals surface area contributed by atoms with E-state index in [0.717, 1.165) is 11.1 Å². The van der Waals surface area contributed by atoms with Crippen molar-refractivity contribution in [2.45, 2.75) is 12.4 Å². The maximum atomic E-state index is 12.7. The molecule has 0 aromatic heterocycles. The van der Waals surface area contributed by atoms with E-state index in [0.29, 0.717) is 40.1 Å². The topological polar surface area (TPSA) is 64.6 Å². The van der Waals surface area contributed by atoms with Crippen LogP contribution in [0, 0.1) is 0 Å². The number of carbonyl (C=O) groups is 1. The van der Waals surface area contributed by atoms with E-state index in [1.807, 2.05) is 30.3 Å². The first-order valence-electron chi connectivity index (χ1n) is 9.21. The number of halogens is 1. The van der Waals surface area contributed by atoms with Gasteiger partial charge in [0.2, 0.25) is 0 Å². The molecule has 7 heteroatoms. The molecule has 0 spiro atoms. The number of hydrogen-bond acceptors (Lipinski definition) is 4. The van der Waals surface area contributed by atoms with Crippen molar-refractivity contribution in [3.8, 4) is 11.5 Å². The highest BCUT2D eigenvalue weighted by atomic mass is 35.5. The fourth-order valence-corrected chi connectivity index (χ4v) is 3.79. The van der Waals surface area contributed by atoms with Crippen molar-refractivity contribution in [3.63, 3.8) is 0 Å². The van der Waals surface area contributed by atoms with Crippen molar-refractivity contribution in [3.05, 3.63) is 88.4 Å². The van der Waals surface area contributed by atoms with E-state index in [1.165, 1.54) is 7.11 Å². The summed E-state index contributed by atoms with van der Waals surface area (Å²) >= 11 is 6.15. The Morgan fingerprint density at radius 2 is 1.80 bits per heavy atom. The molecule has 0 heterocycles. The second-order valence-electron chi connectivity index (χ2n) is 6.62. The summed E-state index contributed by atoms with van der Waals surface area (Å²) in [5.41, 5.74) is 2.76. The van der Waals surface area contributed by atoms with E-state index < -0.39 is 10.8 Å². The zero-order valence-electron chi connectivity index (χ0n) is 16.7.